The largest absolute Gasteiger partial charge is 0.394 e. The molecule has 0 aliphatic heterocycles. The van der Waals surface area contributed by atoms with Crippen molar-refractivity contribution in [1.29, 1.82) is 0 Å². The molecule has 100 valence electrons. The number of nitrogens with zero attached hydrogens (tertiary/aromatic N) is 1. The minimum Gasteiger partial charge on any atom is -0.394 e. The van der Waals surface area contributed by atoms with Crippen LogP contribution in [-0.2, 0) is 0 Å². The monoisotopic (exact) mass is 265 g/mol. The number of rotatable bonds is 5. The van der Waals surface area contributed by atoms with Crippen LogP contribution in [0.5, 0.6) is 0 Å². The van der Waals surface area contributed by atoms with Crippen LogP contribution in [0.2, 0.25) is 19.6 Å². The molecule has 1 amide bonds. The van der Waals surface area contributed by atoms with Gasteiger partial charge < -0.3 is 10.0 Å². The summed E-state index contributed by atoms with van der Waals surface area (Å²) in [5.74, 6) is 0.0135. The zero-order valence-corrected chi connectivity index (χ0v) is 12.7. The van der Waals surface area contributed by atoms with Crippen molar-refractivity contribution < 1.29 is 9.90 Å². The van der Waals surface area contributed by atoms with Crippen LogP contribution >= 0.6 is 0 Å². The van der Waals surface area contributed by atoms with Gasteiger partial charge in [-0.3, -0.25) is 4.79 Å². The van der Waals surface area contributed by atoms with Gasteiger partial charge in [-0.1, -0.05) is 37.8 Å². The first kappa shape index (κ1) is 14.9. The van der Waals surface area contributed by atoms with Crippen LogP contribution in [0.1, 0.15) is 17.3 Å². The second-order valence-electron chi connectivity index (χ2n) is 5.89. The molecular weight excluding hydrogens is 242 g/mol. The molecule has 18 heavy (non-hydrogen) atoms. The summed E-state index contributed by atoms with van der Waals surface area (Å²) >= 11 is 0. The second kappa shape index (κ2) is 6.16. The first-order chi connectivity index (χ1) is 8.35. The van der Waals surface area contributed by atoms with E-state index in [1.165, 1.54) is 0 Å². The van der Waals surface area contributed by atoms with E-state index in [0.29, 0.717) is 5.56 Å². The van der Waals surface area contributed by atoms with E-state index in [2.05, 4.69) is 19.6 Å². The maximum Gasteiger partial charge on any atom is 0.253 e. The van der Waals surface area contributed by atoms with Crippen molar-refractivity contribution in [2.45, 2.75) is 32.6 Å². The van der Waals surface area contributed by atoms with Crippen LogP contribution in [0.15, 0.2) is 30.3 Å². The fraction of sp³-hybridized carbons (Fsp3) is 0.500. The van der Waals surface area contributed by atoms with Gasteiger partial charge in [0, 0.05) is 11.7 Å². The Labute approximate surface area is 110 Å². The fourth-order valence-electron chi connectivity index (χ4n) is 1.78. The first-order valence-electron chi connectivity index (χ1n) is 6.32. The van der Waals surface area contributed by atoms with E-state index in [-0.39, 0.29) is 18.6 Å². The van der Waals surface area contributed by atoms with Crippen molar-refractivity contribution in [3.05, 3.63) is 35.9 Å². The highest BCUT2D eigenvalue weighted by molar-refractivity contribution is 6.76. The Morgan fingerprint density at radius 2 is 1.83 bits per heavy atom. The molecule has 4 heteroatoms. The molecule has 0 aliphatic rings. The van der Waals surface area contributed by atoms with E-state index < -0.39 is 8.07 Å². The van der Waals surface area contributed by atoms with E-state index in [1.54, 1.807) is 0 Å². The molecule has 0 heterocycles. The Morgan fingerprint density at radius 1 is 1.28 bits per heavy atom. The van der Waals surface area contributed by atoms with Crippen molar-refractivity contribution in [2.24, 2.45) is 0 Å². The Kier molecular flexibility index (Phi) is 5.11. The van der Waals surface area contributed by atoms with E-state index >= 15 is 0 Å². The lowest BCUT2D eigenvalue weighted by Crippen LogP contribution is -2.49. The number of aliphatic hydroxyl groups excluding tert-OH is 1. The summed E-state index contributed by atoms with van der Waals surface area (Å²) < 4.78 is 0. The molecule has 1 aromatic rings. The Balaban J connectivity index is 2.93. The summed E-state index contributed by atoms with van der Waals surface area (Å²) in [6.45, 7) is 8.57. The number of carbonyl (C=O) groups excluding carboxylic acids is 1. The average Bonchev–Trinajstić information content (AvgIpc) is 2.34. The van der Waals surface area contributed by atoms with Crippen LogP contribution in [0.3, 0.4) is 0 Å². The van der Waals surface area contributed by atoms with E-state index in [4.69, 9.17) is 0 Å². The molecule has 1 N–H and O–H groups in total. The van der Waals surface area contributed by atoms with Crippen molar-refractivity contribution >= 4 is 14.0 Å². The smallest absolute Gasteiger partial charge is 0.253 e. The number of aliphatic hydroxyl groups is 1. The highest BCUT2D eigenvalue weighted by Gasteiger charge is 2.26. The third kappa shape index (κ3) is 4.27. The lowest BCUT2D eigenvalue weighted by atomic mass is 10.2. The van der Waals surface area contributed by atoms with Crippen LogP contribution in [0.25, 0.3) is 0 Å². The number of amides is 1. The van der Waals surface area contributed by atoms with Crippen LogP contribution in [-0.4, -0.2) is 42.8 Å². The van der Waals surface area contributed by atoms with Gasteiger partial charge in [0.2, 0.25) is 0 Å². The predicted octanol–water partition coefficient (Wildman–Crippen LogP) is 2.39. The van der Waals surface area contributed by atoms with Crippen molar-refractivity contribution in [2.75, 3.05) is 12.8 Å². The third-order valence-corrected chi connectivity index (χ3v) is 4.01. The summed E-state index contributed by atoms with van der Waals surface area (Å²) in [5.41, 5.74) is 0.691. The SMILES string of the molecule is C[C@@H](CO)N(C[Si](C)(C)C)C(=O)c1ccccc1. The molecule has 0 aromatic heterocycles. The Hall–Kier alpha value is -1.13. The van der Waals surface area contributed by atoms with Gasteiger partial charge in [-0.15, -0.1) is 0 Å². The lowest BCUT2D eigenvalue weighted by Gasteiger charge is -2.33. The minimum absolute atomic E-state index is 0.00303. The molecule has 0 bridgehead atoms. The summed E-state index contributed by atoms with van der Waals surface area (Å²) in [6, 6.07) is 9.14. The standard InChI is InChI=1S/C14H23NO2Si/c1-12(10-16)15(11-18(2,3)4)14(17)13-8-6-5-7-9-13/h5-9,12,16H,10-11H2,1-4H3/t12-/m0/s1. The molecule has 0 aliphatic carbocycles. The van der Waals surface area contributed by atoms with Gasteiger partial charge in [0.25, 0.3) is 5.91 Å². The van der Waals surface area contributed by atoms with Gasteiger partial charge in [-0.05, 0) is 19.1 Å². The number of carbonyl (C=O) groups is 1. The Morgan fingerprint density at radius 3 is 2.28 bits per heavy atom. The highest BCUT2D eigenvalue weighted by Crippen LogP contribution is 2.13. The van der Waals surface area contributed by atoms with Gasteiger partial charge in [-0.2, -0.15) is 0 Å². The van der Waals surface area contributed by atoms with Crippen LogP contribution < -0.4 is 0 Å². The summed E-state index contributed by atoms with van der Waals surface area (Å²) in [4.78, 5) is 14.3. The first-order valence-corrected chi connectivity index (χ1v) is 10.0. The van der Waals surface area contributed by atoms with Gasteiger partial charge in [-0.25, -0.2) is 0 Å². The number of hydrogen-bond acceptors (Lipinski definition) is 2. The molecule has 0 saturated carbocycles. The zero-order chi connectivity index (χ0) is 13.8. The number of hydrogen-bond donors (Lipinski definition) is 1. The van der Waals surface area contributed by atoms with E-state index in [1.807, 2.05) is 42.2 Å². The van der Waals surface area contributed by atoms with Crippen molar-refractivity contribution in [3.8, 4) is 0 Å². The lowest BCUT2D eigenvalue weighted by molar-refractivity contribution is 0.0658. The topological polar surface area (TPSA) is 40.5 Å². The molecular formula is C14H23NO2Si. The molecule has 1 atom stereocenters. The molecule has 0 saturated heterocycles. The van der Waals surface area contributed by atoms with E-state index in [9.17, 15) is 9.90 Å². The molecule has 0 spiro atoms. The molecule has 3 nitrogen and oxygen atoms in total. The van der Waals surface area contributed by atoms with Crippen LogP contribution in [0.4, 0.5) is 0 Å². The normalized spacial score (nSPS) is 13.2. The molecule has 0 unspecified atom stereocenters. The van der Waals surface area contributed by atoms with E-state index in [0.717, 1.165) is 6.17 Å². The van der Waals surface area contributed by atoms with Gasteiger partial charge >= 0.3 is 0 Å². The molecule has 0 fully saturated rings. The molecule has 1 aromatic carbocycles. The van der Waals surface area contributed by atoms with Gasteiger partial charge in [0.05, 0.1) is 20.7 Å². The quantitative estimate of drug-likeness (QED) is 0.830. The highest BCUT2D eigenvalue weighted by atomic mass is 28.3. The van der Waals surface area contributed by atoms with Crippen molar-refractivity contribution in [3.63, 3.8) is 0 Å². The fourth-order valence-corrected chi connectivity index (χ4v) is 3.26. The maximum absolute atomic E-state index is 12.5. The molecule has 0 radical (unpaired) electrons. The third-order valence-electron chi connectivity index (χ3n) is 2.72. The number of benzene rings is 1. The Bertz CT molecular complexity index is 387. The van der Waals surface area contributed by atoms with Gasteiger partial charge in [0.15, 0.2) is 0 Å². The van der Waals surface area contributed by atoms with Gasteiger partial charge in [0.1, 0.15) is 0 Å². The maximum atomic E-state index is 12.5. The van der Waals surface area contributed by atoms with Crippen molar-refractivity contribution in [1.82, 2.24) is 4.90 Å². The second-order valence-corrected chi connectivity index (χ2v) is 11.3. The summed E-state index contributed by atoms with van der Waals surface area (Å²) in [5, 5.41) is 9.32. The molecule has 1 rings (SSSR count). The minimum atomic E-state index is -1.40. The van der Waals surface area contributed by atoms with Crippen LogP contribution in [0, 0.1) is 0 Å². The summed E-state index contributed by atoms with van der Waals surface area (Å²) in [7, 11) is -1.40. The summed E-state index contributed by atoms with van der Waals surface area (Å²) in [6.07, 6.45) is 0.766. The predicted molar refractivity (Wildman–Crippen MR) is 77.4 cm³/mol. The average molecular weight is 265 g/mol. The zero-order valence-electron chi connectivity index (χ0n) is 11.7.